The first-order valence-electron chi connectivity index (χ1n) is 12.3. The van der Waals surface area contributed by atoms with Gasteiger partial charge in [-0.25, -0.2) is 4.79 Å². The van der Waals surface area contributed by atoms with Crippen molar-refractivity contribution in [2.45, 2.75) is 52.7 Å². The number of ether oxygens (including phenoxy) is 2. The fraction of sp³-hybridized carbons (Fsp3) is 0.367. The summed E-state index contributed by atoms with van der Waals surface area (Å²) in [6, 6.07) is 16.4. The van der Waals surface area contributed by atoms with Crippen LogP contribution in [-0.2, 0) is 4.74 Å². The van der Waals surface area contributed by atoms with E-state index in [2.05, 4.69) is 19.2 Å². The Morgan fingerprint density at radius 1 is 1.00 bits per heavy atom. The van der Waals surface area contributed by atoms with Crippen LogP contribution in [0.1, 0.15) is 65.4 Å². The van der Waals surface area contributed by atoms with Gasteiger partial charge < -0.3 is 25.0 Å². The van der Waals surface area contributed by atoms with Crippen LogP contribution < -0.4 is 10.1 Å². The largest absolute Gasteiger partial charge is 0.508 e. The smallest absolute Gasteiger partial charge is 0.338 e. The average molecular weight is 492 g/mol. The molecule has 3 aromatic rings. The van der Waals surface area contributed by atoms with Gasteiger partial charge in [0.1, 0.15) is 18.1 Å². The summed E-state index contributed by atoms with van der Waals surface area (Å²) < 4.78 is 11.2. The molecule has 0 fully saturated rings. The van der Waals surface area contributed by atoms with Crippen LogP contribution in [0.15, 0.2) is 54.6 Å². The number of aryl methyl sites for hydroxylation is 2. The van der Waals surface area contributed by atoms with Crippen molar-refractivity contribution in [3.8, 4) is 22.6 Å². The molecule has 0 heterocycles. The molecular formula is C30H37NO5. The van der Waals surface area contributed by atoms with Gasteiger partial charge in [0.15, 0.2) is 0 Å². The molecule has 0 unspecified atom stereocenters. The number of aromatic hydroxyl groups is 1. The van der Waals surface area contributed by atoms with E-state index in [1.54, 1.807) is 24.3 Å². The monoisotopic (exact) mass is 491 g/mol. The molecule has 0 saturated heterocycles. The van der Waals surface area contributed by atoms with Gasteiger partial charge in [-0.1, -0.05) is 44.2 Å². The highest BCUT2D eigenvalue weighted by atomic mass is 16.5. The third-order valence-electron chi connectivity index (χ3n) is 6.40. The fourth-order valence-corrected chi connectivity index (χ4v) is 4.47. The summed E-state index contributed by atoms with van der Waals surface area (Å²) in [5.41, 5.74) is 6.07. The fourth-order valence-electron chi connectivity index (χ4n) is 4.47. The van der Waals surface area contributed by atoms with Crippen molar-refractivity contribution in [3.05, 3.63) is 82.4 Å². The number of aliphatic hydroxyl groups is 1. The predicted octanol–water partition coefficient (Wildman–Crippen LogP) is 5.68. The van der Waals surface area contributed by atoms with Gasteiger partial charge in [-0.2, -0.15) is 0 Å². The maximum Gasteiger partial charge on any atom is 0.338 e. The predicted molar refractivity (Wildman–Crippen MR) is 143 cm³/mol. The van der Waals surface area contributed by atoms with E-state index >= 15 is 0 Å². The topological polar surface area (TPSA) is 88.0 Å². The maximum atomic E-state index is 12.7. The summed E-state index contributed by atoms with van der Waals surface area (Å²) in [6.07, 6.45) is -0.695. The average Bonchev–Trinajstić information content (AvgIpc) is 2.86. The second-order valence-electron chi connectivity index (χ2n) is 9.48. The van der Waals surface area contributed by atoms with Gasteiger partial charge in [0.05, 0.1) is 18.8 Å². The molecule has 3 rings (SSSR count). The number of hydrogen-bond acceptors (Lipinski definition) is 6. The van der Waals surface area contributed by atoms with E-state index in [0.29, 0.717) is 18.7 Å². The molecule has 6 heteroatoms. The molecule has 3 N–H and O–H groups in total. The minimum Gasteiger partial charge on any atom is -0.508 e. The second kappa shape index (κ2) is 12.1. The normalized spacial score (nSPS) is 12.9. The molecule has 6 nitrogen and oxygen atoms in total. The molecule has 2 atom stereocenters. The van der Waals surface area contributed by atoms with Crippen molar-refractivity contribution in [3.63, 3.8) is 0 Å². The lowest BCUT2D eigenvalue weighted by Crippen LogP contribution is -2.35. The molecule has 192 valence electrons. The third-order valence-corrected chi connectivity index (χ3v) is 6.40. The Morgan fingerprint density at radius 2 is 1.64 bits per heavy atom. The number of methoxy groups -OCH3 is 1. The minimum absolute atomic E-state index is 0.172. The molecule has 3 aromatic carbocycles. The van der Waals surface area contributed by atoms with Crippen molar-refractivity contribution < 1.29 is 24.5 Å². The molecular weight excluding hydrogens is 454 g/mol. The number of carbonyl (C=O) groups is 1. The van der Waals surface area contributed by atoms with E-state index in [4.69, 9.17) is 9.47 Å². The molecule has 0 aromatic heterocycles. The maximum absolute atomic E-state index is 12.7. The molecule has 0 aliphatic heterocycles. The van der Waals surface area contributed by atoms with Crippen LogP contribution in [0.4, 0.5) is 0 Å². The number of phenolic OH excluding ortho intramolecular Hbond substituents is 1. The molecule has 0 saturated carbocycles. The van der Waals surface area contributed by atoms with E-state index in [1.165, 1.54) is 7.11 Å². The quantitative estimate of drug-likeness (QED) is 0.250. The van der Waals surface area contributed by atoms with Crippen LogP contribution in [0.2, 0.25) is 0 Å². The van der Waals surface area contributed by atoms with Gasteiger partial charge >= 0.3 is 5.97 Å². The molecule has 0 spiro atoms. The van der Waals surface area contributed by atoms with Crippen molar-refractivity contribution >= 4 is 5.97 Å². The van der Waals surface area contributed by atoms with Crippen LogP contribution in [0.3, 0.4) is 0 Å². The number of carbonyl (C=O) groups excluding carboxylic acids is 1. The van der Waals surface area contributed by atoms with E-state index in [-0.39, 0.29) is 23.7 Å². The van der Waals surface area contributed by atoms with Gasteiger partial charge in [0.25, 0.3) is 0 Å². The highest BCUT2D eigenvalue weighted by Gasteiger charge is 2.21. The van der Waals surface area contributed by atoms with Crippen molar-refractivity contribution in [2.24, 2.45) is 0 Å². The van der Waals surface area contributed by atoms with Gasteiger partial charge in [-0.3, -0.25) is 0 Å². The van der Waals surface area contributed by atoms with Gasteiger partial charge in [0.2, 0.25) is 0 Å². The number of aliphatic hydroxyl groups excluding tert-OH is 1. The van der Waals surface area contributed by atoms with E-state index in [1.807, 2.05) is 51.1 Å². The Labute approximate surface area is 213 Å². The zero-order valence-corrected chi connectivity index (χ0v) is 22.0. The highest BCUT2D eigenvalue weighted by Crippen LogP contribution is 2.35. The van der Waals surface area contributed by atoms with E-state index in [9.17, 15) is 15.0 Å². The Balaban J connectivity index is 1.71. The SMILES string of the molecule is COC(=O)c1c(-c2cc(C)c(OCCN[C@@H](C)[C@H](O)c3ccc(O)cc3)c(C)c2)cccc1C(C)C. The van der Waals surface area contributed by atoms with Gasteiger partial charge in [-0.05, 0) is 84.3 Å². The second-order valence-corrected chi connectivity index (χ2v) is 9.48. The zero-order valence-electron chi connectivity index (χ0n) is 22.0. The van der Waals surface area contributed by atoms with E-state index < -0.39 is 6.10 Å². The summed E-state index contributed by atoms with van der Waals surface area (Å²) >= 11 is 0. The Hall–Kier alpha value is -3.35. The zero-order chi connectivity index (χ0) is 26.4. The van der Waals surface area contributed by atoms with Crippen LogP contribution in [0, 0.1) is 13.8 Å². The lowest BCUT2D eigenvalue weighted by atomic mass is 9.89. The molecule has 0 aliphatic carbocycles. The lowest BCUT2D eigenvalue weighted by Gasteiger charge is -2.21. The van der Waals surface area contributed by atoms with Gasteiger partial charge in [-0.15, -0.1) is 0 Å². The van der Waals surface area contributed by atoms with Crippen LogP contribution in [0.25, 0.3) is 11.1 Å². The molecule has 0 aliphatic rings. The van der Waals surface area contributed by atoms with Crippen molar-refractivity contribution in [2.75, 3.05) is 20.3 Å². The number of phenols is 1. The van der Waals surface area contributed by atoms with Crippen LogP contribution in [-0.4, -0.2) is 42.5 Å². The van der Waals surface area contributed by atoms with E-state index in [0.717, 1.165) is 39.1 Å². The molecule has 0 amide bonds. The van der Waals surface area contributed by atoms with Crippen LogP contribution in [0.5, 0.6) is 11.5 Å². The highest BCUT2D eigenvalue weighted by molar-refractivity contribution is 5.99. The lowest BCUT2D eigenvalue weighted by molar-refractivity contribution is 0.0600. The first kappa shape index (κ1) is 27.2. The molecule has 36 heavy (non-hydrogen) atoms. The summed E-state index contributed by atoms with van der Waals surface area (Å²) in [5.74, 6) is 0.837. The van der Waals surface area contributed by atoms with Gasteiger partial charge in [0, 0.05) is 12.6 Å². The Morgan fingerprint density at radius 3 is 2.22 bits per heavy atom. The van der Waals surface area contributed by atoms with Crippen molar-refractivity contribution in [1.29, 1.82) is 0 Å². The van der Waals surface area contributed by atoms with Crippen molar-refractivity contribution in [1.82, 2.24) is 5.32 Å². The Kier molecular flexibility index (Phi) is 9.13. The Bertz CT molecular complexity index is 1160. The van der Waals surface area contributed by atoms with Crippen LogP contribution >= 0.6 is 0 Å². The number of rotatable bonds is 10. The summed E-state index contributed by atoms with van der Waals surface area (Å²) in [4.78, 5) is 12.7. The summed E-state index contributed by atoms with van der Waals surface area (Å²) in [5, 5.41) is 23.3. The molecule has 0 radical (unpaired) electrons. The summed E-state index contributed by atoms with van der Waals surface area (Å²) in [7, 11) is 1.41. The molecule has 0 bridgehead atoms. The number of esters is 1. The first-order valence-corrected chi connectivity index (χ1v) is 12.3. The number of benzene rings is 3. The number of hydrogen-bond donors (Lipinski definition) is 3. The number of nitrogens with one attached hydrogen (secondary N) is 1. The standard InChI is InChI=1S/C30H37NO5/c1-18(2)25-8-7-9-26(27(25)30(34)35-6)23-16-19(3)29(20(4)17-23)36-15-14-31-21(5)28(33)22-10-12-24(32)13-11-22/h7-13,16-18,21,28,31-33H,14-15H2,1-6H3/t21-,28-/m0/s1. The third kappa shape index (κ3) is 6.25. The summed E-state index contributed by atoms with van der Waals surface area (Å²) in [6.45, 7) is 11.0. The first-order chi connectivity index (χ1) is 17.1. The minimum atomic E-state index is -0.695.